The van der Waals surface area contributed by atoms with Crippen LogP contribution in [0.1, 0.15) is 54.0 Å². The van der Waals surface area contributed by atoms with E-state index in [0.717, 1.165) is 5.56 Å². The van der Waals surface area contributed by atoms with Crippen molar-refractivity contribution in [3.8, 4) is 0 Å². The minimum Gasteiger partial charge on any atom is -0.399 e. The van der Waals surface area contributed by atoms with Gasteiger partial charge < -0.3 is 28.1 Å². The van der Waals surface area contributed by atoms with Crippen LogP contribution >= 0.6 is 0 Å². The van der Waals surface area contributed by atoms with Gasteiger partial charge in [0, 0.05) is 0 Å². The zero-order chi connectivity index (χ0) is 30.0. The molecule has 3 aromatic rings. The Morgan fingerprint density at radius 3 is 1.81 bits per heavy atom. The van der Waals surface area contributed by atoms with E-state index in [1.807, 2.05) is 45.9 Å². The lowest BCUT2D eigenvalue weighted by Crippen LogP contribution is -2.69. The Labute approximate surface area is 252 Å². The van der Waals surface area contributed by atoms with E-state index < -0.39 is 38.2 Å². The SMILES string of the molecule is CC1(C)O[C@H]([C@H](COCc2ccccc2)O[Si](c2ccccc2)(c2ccccc2)C(C)(C)C)[C@@H]([C@H]2COC(C)(C)O2)O1. The second-order valence-electron chi connectivity index (χ2n) is 13.3. The van der Waals surface area contributed by atoms with Crippen molar-refractivity contribution in [2.45, 2.75) is 96.1 Å². The second-order valence-corrected chi connectivity index (χ2v) is 17.5. The van der Waals surface area contributed by atoms with Crippen LogP contribution in [0.4, 0.5) is 0 Å². The molecule has 4 atom stereocenters. The molecule has 0 unspecified atom stereocenters. The first-order valence-electron chi connectivity index (χ1n) is 15.0. The van der Waals surface area contributed by atoms with Gasteiger partial charge in [0.25, 0.3) is 8.32 Å². The van der Waals surface area contributed by atoms with E-state index in [9.17, 15) is 0 Å². The Balaban J connectivity index is 1.57. The predicted molar refractivity (Wildman–Crippen MR) is 167 cm³/mol. The minimum atomic E-state index is -2.94. The van der Waals surface area contributed by atoms with Crippen LogP contribution in [0.5, 0.6) is 0 Å². The largest absolute Gasteiger partial charge is 0.399 e. The van der Waals surface area contributed by atoms with E-state index in [4.69, 9.17) is 28.1 Å². The standard InChI is InChI=1S/C35H46O6Si/c1-33(2,3)42(27-19-13-9-14-20-27,28-21-15-10-16-22-28)41-30(24-36-23-26-17-11-8-12-18-26)32-31(39-35(6,7)40-32)29-25-37-34(4,5)38-29/h8-22,29-32H,23-25H2,1-7H3/t29-,30+,31-,32-/m1/s1. The molecular formula is C35H46O6Si. The number of hydrogen-bond donors (Lipinski definition) is 0. The first-order valence-corrected chi connectivity index (χ1v) is 16.9. The van der Waals surface area contributed by atoms with E-state index in [0.29, 0.717) is 19.8 Å². The lowest BCUT2D eigenvalue weighted by Gasteiger charge is -2.46. The van der Waals surface area contributed by atoms with Crippen molar-refractivity contribution in [2.24, 2.45) is 0 Å². The third-order valence-electron chi connectivity index (χ3n) is 8.07. The summed E-state index contributed by atoms with van der Waals surface area (Å²) in [5, 5.41) is 2.19. The molecule has 2 aliphatic heterocycles. The Hall–Kier alpha value is -2.36. The molecule has 0 saturated carbocycles. The average molecular weight is 591 g/mol. The van der Waals surface area contributed by atoms with Gasteiger partial charge >= 0.3 is 0 Å². The number of hydrogen-bond acceptors (Lipinski definition) is 6. The first-order chi connectivity index (χ1) is 19.9. The number of benzene rings is 3. The predicted octanol–water partition coefficient (Wildman–Crippen LogP) is 5.82. The molecule has 5 rings (SSSR count). The van der Waals surface area contributed by atoms with Crippen LogP contribution in [0, 0.1) is 0 Å². The molecule has 2 fully saturated rings. The van der Waals surface area contributed by atoms with Crippen molar-refractivity contribution in [3.63, 3.8) is 0 Å². The van der Waals surface area contributed by atoms with Gasteiger partial charge in [-0.15, -0.1) is 0 Å². The highest BCUT2D eigenvalue weighted by Gasteiger charge is 2.57. The summed E-state index contributed by atoms with van der Waals surface area (Å²) in [5.41, 5.74) is 1.11. The Bertz CT molecular complexity index is 1240. The molecule has 0 radical (unpaired) electrons. The van der Waals surface area contributed by atoms with Gasteiger partial charge in [0.15, 0.2) is 11.6 Å². The molecule has 6 nitrogen and oxygen atoms in total. The van der Waals surface area contributed by atoms with E-state index in [-0.39, 0.29) is 11.1 Å². The van der Waals surface area contributed by atoms with Crippen LogP contribution < -0.4 is 10.4 Å². The highest BCUT2D eigenvalue weighted by atomic mass is 28.4. The summed E-state index contributed by atoms with van der Waals surface area (Å²) in [4.78, 5) is 0. The maximum Gasteiger partial charge on any atom is 0.261 e. The van der Waals surface area contributed by atoms with Crippen molar-refractivity contribution >= 4 is 18.7 Å². The molecule has 0 spiro atoms. The van der Waals surface area contributed by atoms with E-state index in [2.05, 4.69) is 93.6 Å². The zero-order valence-corrected chi connectivity index (χ0v) is 27.0. The molecule has 42 heavy (non-hydrogen) atoms. The molecule has 2 aliphatic rings. The molecule has 2 heterocycles. The Kier molecular flexibility index (Phi) is 9.12. The topological polar surface area (TPSA) is 55.4 Å². The molecule has 0 bridgehead atoms. The first kappa shape index (κ1) is 31.1. The van der Waals surface area contributed by atoms with Crippen molar-refractivity contribution in [1.82, 2.24) is 0 Å². The van der Waals surface area contributed by atoms with Gasteiger partial charge in [0.05, 0.1) is 25.9 Å². The van der Waals surface area contributed by atoms with E-state index in [1.165, 1.54) is 10.4 Å². The van der Waals surface area contributed by atoms with Gasteiger partial charge in [-0.1, -0.05) is 112 Å². The summed E-state index contributed by atoms with van der Waals surface area (Å²) >= 11 is 0. The van der Waals surface area contributed by atoms with Crippen LogP contribution in [0.25, 0.3) is 0 Å². The third kappa shape index (κ3) is 6.73. The smallest absolute Gasteiger partial charge is 0.261 e. The van der Waals surface area contributed by atoms with Gasteiger partial charge in [-0.2, -0.15) is 0 Å². The Morgan fingerprint density at radius 2 is 1.31 bits per heavy atom. The minimum absolute atomic E-state index is 0.215. The average Bonchev–Trinajstić information content (AvgIpc) is 3.49. The molecule has 226 valence electrons. The lowest BCUT2D eigenvalue weighted by molar-refractivity contribution is -0.175. The van der Waals surface area contributed by atoms with E-state index in [1.54, 1.807) is 0 Å². The molecule has 0 aromatic heterocycles. The fraction of sp³-hybridized carbons (Fsp3) is 0.486. The molecule has 0 N–H and O–H groups in total. The summed E-state index contributed by atoms with van der Waals surface area (Å²) < 4.78 is 39.6. The quantitative estimate of drug-likeness (QED) is 0.278. The van der Waals surface area contributed by atoms with E-state index >= 15 is 0 Å². The van der Waals surface area contributed by atoms with Crippen LogP contribution in [0.3, 0.4) is 0 Å². The highest BCUT2D eigenvalue weighted by molar-refractivity contribution is 6.99. The van der Waals surface area contributed by atoms with Gasteiger partial charge in [-0.25, -0.2) is 0 Å². The van der Waals surface area contributed by atoms with Crippen LogP contribution in [0.15, 0.2) is 91.0 Å². The summed E-state index contributed by atoms with van der Waals surface area (Å²) in [6.45, 7) is 15.8. The van der Waals surface area contributed by atoms with Gasteiger partial charge in [-0.05, 0) is 48.7 Å². The summed E-state index contributed by atoms with van der Waals surface area (Å²) in [6.07, 6.45) is -1.59. The molecule has 2 saturated heterocycles. The summed E-state index contributed by atoms with van der Waals surface area (Å²) in [5.74, 6) is -1.51. The number of rotatable bonds is 10. The van der Waals surface area contributed by atoms with Crippen molar-refractivity contribution in [1.29, 1.82) is 0 Å². The van der Waals surface area contributed by atoms with Crippen LogP contribution in [-0.2, 0) is 34.7 Å². The monoisotopic (exact) mass is 590 g/mol. The maximum atomic E-state index is 7.64. The van der Waals surface area contributed by atoms with Crippen LogP contribution in [0.2, 0.25) is 5.04 Å². The van der Waals surface area contributed by atoms with Crippen LogP contribution in [-0.4, -0.2) is 57.5 Å². The zero-order valence-electron chi connectivity index (χ0n) is 26.0. The van der Waals surface area contributed by atoms with Crippen molar-refractivity contribution in [3.05, 3.63) is 96.6 Å². The second kappa shape index (κ2) is 12.3. The molecular weight excluding hydrogens is 544 g/mol. The fourth-order valence-electron chi connectivity index (χ4n) is 6.25. The number of ether oxygens (including phenoxy) is 5. The molecule has 3 aromatic carbocycles. The van der Waals surface area contributed by atoms with Gasteiger partial charge in [0.2, 0.25) is 0 Å². The van der Waals surface area contributed by atoms with Gasteiger partial charge in [-0.3, -0.25) is 0 Å². The highest BCUT2D eigenvalue weighted by Crippen LogP contribution is 2.42. The Morgan fingerprint density at radius 1 is 0.762 bits per heavy atom. The van der Waals surface area contributed by atoms with Gasteiger partial charge in [0.1, 0.15) is 18.3 Å². The summed E-state index contributed by atoms with van der Waals surface area (Å²) in [6, 6.07) is 31.6. The van der Waals surface area contributed by atoms with Crippen molar-refractivity contribution < 1.29 is 28.1 Å². The molecule has 0 aliphatic carbocycles. The summed E-state index contributed by atoms with van der Waals surface area (Å²) in [7, 11) is -2.94. The lowest BCUT2D eigenvalue weighted by atomic mass is 10.0. The molecule has 0 amide bonds. The van der Waals surface area contributed by atoms with Crippen molar-refractivity contribution in [2.75, 3.05) is 13.2 Å². The maximum absolute atomic E-state index is 7.64. The normalized spacial score (nSPS) is 24.5. The molecule has 7 heteroatoms. The third-order valence-corrected chi connectivity index (χ3v) is 13.1. The fourth-order valence-corrected chi connectivity index (χ4v) is 10.9.